The fourth-order valence-corrected chi connectivity index (χ4v) is 4.86. The lowest BCUT2D eigenvalue weighted by Gasteiger charge is -2.35. The van der Waals surface area contributed by atoms with Crippen LogP contribution in [0.4, 0.5) is 0 Å². The number of rotatable bonds is 4. The summed E-state index contributed by atoms with van der Waals surface area (Å²) in [6.07, 6.45) is 1.81. The summed E-state index contributed by atoms with van der Waals surface area (Å²) in [5.74, 6) is 0.158. The van der Waals surface area contributed by atoms with Crippen molar-refractivity contribution in [1.29, 1.82) is 0 Å². The molecule has 4 rings (SSSR count). The number of aromatic nitrogens is 1. The second kappa shape index (κ2) is 7.85. The summed E-state index contributed by atoms with van der Waals surface area (Å²) in [7, 11) is 0. The molecular weight excluding hydrogens is 370 g/mol. The van der Waals surface area contributed by atoms with Gasteiger partial charge in [-0.05, 0) is 24.3 Å². The summed E-state index contributed by atoms with van der Waals surface area (Å²) < 4.78 is 5.48. The molecule has 2 fully saturated rings. The Bertz CT molecular complexity index is 761. The summed E-state index contributed by atoms with van der Waals surface area (Å²) in [6.45, 7) is 3.01. The van der Waals surface area contributed by atoms with Crippen molar-refractivity contribution < 1.29 is 14.3 Å². The van der Waals surface area contributed by atoms with E-state index in [1.54, 1.807) is 22.7 Å². The number of carbonyl (C=O) groups excluding carboxylic acids is 2. The lowest BCUT2D eigenvalue weighted by Crippen LogP contribution is -2.53. The maximum atomic E-state index is 12.6. The van der Waals surface area contributed by atoms with E-state index in [2.05, 4.69) is 10.4 Å². The summed E-state index contributed by atoms with van der Waals surface area (Å²) in [4.78, 5) is 33.2. The molecule has 2 aromatic rings. The molecule has 26 heavy (non-hydrogen) atoms. The fraction of sp³-hybridized carbons (Fsp3) is 0.500. The van der Waals surface area contributed by atoms with Gasteiger partial charge in [-0.3, -0.25) is 9.59 Å². The van der Waals surface area contributed by atoms with Crippen LogP contribution in [0.15, 0.2) is 22.2 Å². The average molecular weight is 392 g/mol. The Morgan fingerprint density at radius 1 is 1.19 bits per heavy atom. The van der Waals surface area contributed by atoms with Crippen molar-refractivity contribution in [3.05, 3.63) is 27.9 Å². The van der Waals surface area contributed by atoms with Crippen LogP contribution in [0, 0.1) is 0 Å². The Balaban J connectivity index is 1.29. The van der Waals surface area contributed by atoms with Crippen LogP contribution in [0.5, 0.6) is 0 Å². The van der Waals surface area contributed by atoms with Gasteiger partial charge in [0, 0.05) is 49.1 Å². The quantitative estimate of drug-likeness (QED) is 0.802. The largest absolute Gasteiger partial charge is 0.368 e. The van der Waals surface area contributed by atoms with Gasteiger partial charge in [0.2, 0.25) is 5.91 Å². The number of amides is 2. The zero-order chi connectivity index (χ0) is 17.9. The van der Waals surface area contributed by atoms with Gasteiger partial charge in [-0.25, -0.2) is 4.98 Å². The van der Waals surface area contributed by atoms with E-state index in [-0.39, 0.29) is 17.9 Å². The highest BCUT2D eigenvalue weighted by molar-refractivity contribution is 7.14. The van der Waals surface area contributed by atoms with E-state index in [4.69, 9.17) is 4.74 Å². The van der Waals surface area contributed by atoms with Crippen LogP contribution in [0.2, 0.25) is 0 Å². The Hall–Kier alpha value is -1.77. The highest BCUT2D eigenvalue weighted by atomic mass is 32.1. The third-order valence-corrected chi connectivity index (χ3v) is 6.42. The second-order valence-corrected chi connectivity index (χ2v) is 8.18. The Labute approximate surface area is 160 Å². The fourth-order valence-electron chi connectivity index (χ4n) is 3.33. The van der Waals surface area contributed by atoms with E-state index < -0.39 is 0 Å². The van der Waals surface area contributed by atoms with Crippen LogP contribution in [-0.4, -0.2) is 65.5 Å². The summed E-state index contributed by atoms with van der Waals surface area (Å²) in [6, 6.07) is 2.04. The molecule has 2 aliphatic heterocycles. The molecule has 8 heteroatoms. The van der Waals surface area contributed by atoms with Crippen LogP contribution in [0.25, 0.3) is 10.6 Å². The number of piperazine rings is 1. The molecule has 1 atom stereocenters. The van der Waals surface area contributed by atoms with E-state index in [1.165, 1.54) is 0 Å². The normalized spacial score (nSPS) is 20.5. The van der Waals surface area contributed by atoms with Crippen molar-refractivity contribution in [3.63, 3.8) is 0 Å². The van der Waals surface area contributed by atoms with Gasteiger partial charge in [-0.1, -0.05) is 0 Å². The van der Waals surface area contributed by atoms with E-state index in [1.807, 2.05) is 26.6 Å². The minimum Gasteiger partial charge on any atom is -0.368 e. The minimum atomic E-state index is -0.275. The molecule has 0 spiro atoms. The molecule has 0 saturated carbocycles. The zero-order valence-corrected chi connectivity index (χ0v) is 16.1. The predicted molar refractivity (Wildman–Crippen MR) is 101 cm³/mol. The van der Waals surface area contributed by atoms with Crippen LogP contribution in [0.1, 0.15) is 18.5 Å². The number of thiazole rings is 1. The highest BCUT2D eigenvalue weighted by Crippen LogP contribution is 2.26. The molecule has 2 aromatic heterocycles. The third-order valence-electron chi connectivity index (χ3n) is 4.80. The van der Waals surface area contributed by atoms with Crippen molar-refractivity contribution >= 4 is 34.5 Å². The molecule has 0 aromatic carbocycles. The molecule has 4 heterocycles. The molecular formula is C18H21N3O3S2. The van der Waals surface area contributed by atoms with Crippen molar-refractivity contribution in [2.45, 2.75) is 25.4 Å². The summed E-state index contributed by atoms with van der Waals surface area (Å²) in [5, 5.41) is 7.01. The van der Waals surface area contributed by atoms with Crippen molar-refractivity contribution in [3.8, 4) is 10.6 Å². The Morgan fingerprint density at radius 2 is 2.00 bits per heavy atom. The molecule has 138 valence electrons. The molecule has 6 nitrogen and oxygen atoms in total. The molecule has 0 aliphatic carbocycles. The number of carbonyl (C=O) groups is 2. The van der Waals surface area contributed by atoms with Gasteiger partial charge in [-0.15, -0.1) is 11.3 Å². The zero-order valence-electron chi connectivity index (χ0n) is 14.4. The third kappa shape index (κ3) is 3.82. The average Bonchev–Trinajstić information content (AvgIpc) is 3.42. The van der Waals surface area contributed by atoms with Crippen LogP contribution in [-0.2, 0) is 20.7 Å². The topological polar surface area (TPSA) is 62.7 Å². The van der Waals surface area contributed by atoms with Crippen LogP contribution >= 0.6 is 22.7 Å². The van der Waals surface area contributed by atoms with Crippen LogP contribution in [0.3, 0.4) is 0 Å². The van der Waals surface area contributed by atoms with Crippen LogP contribution < -0.4 is 0 Å². The number of thiophene rings is 1. The predicted octanol–water partition coefficient (Wildman–Crippen LogP) is 2.26. The van der Waals surface area contributed by atoms with E-state index in [9.17, 15) is 9.59 Å². The molecule has 2 aliphatic rings. The van der Waals surface area contributed by atoms with Crippen molar-refractivity contribution in [1.82, 2.24) is 14.8 Å². The van der Waals surface area contributed by atoms with Gasteiger partial charge in [-0.2, -0.15) is 11.3 Å². The van der Waals surface area contributed by atoms with E-state index in [0.717, 1.165) is 29.1 Å². The van der Waals surface area contributed by atoms with E-state index >= 15 is 0 Å². The van der Waals surface area contributed by atoms with E-state index in [0.29, 0.717) is 39.2 Å². The number of hydrogen-bond donors (Lipinski definition) is 0. The van der Waals surface area contributed by atoms with Gasteiger partial charge in [0.05, 0.1) is 12.1 Å². The second-order valence-electron chi connectivity index (χ2n) is 6.54. The lowest BCUT2D eigenvalue weighted by molar-refractivity contribution is -0.145. The molecule has 0 unspecified atom stereocenters. The molecule has 2 saturated heterocycles. The van der Waals surface area contributed by atoms with Gasteiger partial charge in [0.25, 0.3) is 5.91 Å². The first-order valence-electron chi connectivity index (χ1n) is 8.86. The van der Waals surface area contributed by atoms with Gasteiger partial charge >= 0.3 is 0 Å². The van der Waals surface area contributed by atoms with Gasteiger partial charge < -0.3 is 14.5 Å². The maximum Gasteiger partial charge on any atom is 0.251 e. The lowest BCUT2D eigenvalue weighted by atomic mass is 10.2. The van der Waals surface area contributed by atoms with Gasteiger partial charge in [0.15, 0.2) is 0 Å². The number of hydrogen-bond acceptors (Lipinski definition) is 6. The molecule has 2 amide bonds. The molecule has 0 radical (unpaired) electrons. The minimum absolute atomic E-state index is 0.0782. The number of ether oxygens (including phenoxy) is 1. The van der Waals surface area contributed by atoms with Crippen molar-refractivity contribution in [2.24, 2.45) is 0 Å². The first-order valence-corrected chi connectivity index (χ1v) is 10.7. The highest BCUT2D eigenvalue weighted by Gasteiger charge is 2.31. The summed E-state index contributed by atoms with van der Waals surface area (Å²) in [5.41, 5.74) is 1.93. The first kappa shape index (κ1) is 17.6. The Morgan fingerprint density at radius 3 is 2.69 bits per heavy atom. The van der Waals surface area contributed by atoms with Crippen molar-refractivity contribution in [2.75, 3.05) is 32.8 Å². The van der Waals surface area contributed by atoms with Gasteiger partial charge in [0.1, 0.15) is 11.1 Å². The summed E-state index contributed by atoms with van der Waals surface area (Å²) >= 11 is 3.21. The monoisotopic (exact) mass is 391 g/mol. The Kier molecular flexibility index (Phi) is 5.33. The number of nitrogens with zero attached hydrogens (tertiary/aromatic N) is 3. The molecule has 0 N–H and O–H groups in total. The smallest absolute Gasteiger partial charge is 0.251 e. The SMILES string of the molecule is O=C(Cc1csc(-c2ccsc2)n1)N1CCN(C(=O)[C@@H]2CCCO2)CC1. The molecule has 0 bridgehead atoms. The standard InChI is InChI=1S/C18H21N3O3S2/c22-16(10-14-12-26-17(19-14)13-3-9-25-11-13)20-4-6-21(7-5-20)18(23)15-2-1-8-24-15/h3,9,11-12,15H,1-2,4-8,10H2/t15-/m0/s1. The maximum absolute atomic E-state index is 12.6. The first-order chi connectivity index (χ1) is 12.7.